The Kier molecular flexibility index (Phi) is 7.22. The van der Waals surface area contributed by atoms with Crippen molar-refractivity contribution in [3.8, 4) is 0 Å². The molecule has 34 heavy (non-hydrogen) atoms. The van der Waals surface area contributed by atoms with Crippen LogP contribution in [-0.4, -0.2) is 47.1 Å². The molecule has 2 aromatic heterocycles. The van der Waals surface area contributed by atoms with Gasteiger partial charge in [0.1, 0.15) is 5.82 Å². The average Bonchev–Trinajstić information content (AvgIpc) is 2.90. The van der Waals surface area contributed by atoms with Crippen molar-refractivity contribution in [2.75, 3.05) is 36.4 Å². The number of hydrogen-bond donors (Lipinski definition) is 1. The smallest absolute Gasteiger partial charge is 0.321 e. The van der Waals surface area contributed by atoms with Gasteiger partial charge in [-0.15, -0.1) is 0 Å². The van der Waals surface area contributed by atoms with Gasteiger partial charge in [-0.2, -0.15) is 0 Å². The van der Waals surface area contributed by atoms with Crippen LogP contribution in [0.4, 0.5) is 16.3 Å². The van der Waals surface area contributed by atoms with Crippen LogP contribution in [0.15, 0.2) is 60.9 Å². The van der Waals surface area contributed by atoms with Crippen LogP contribution in [-0.2, 0) is 0 Å². The number of aromatic nitrogens is 2. The van der Waals surface area contributed by atoms with Crippen molar-refractivity contribution in [2.24, 2.45) is 11.8 Å². The first-order valence-electron chi connectivity index (χ1n) is 12.8. The third-order valence-electron chi connectivity index (χ3n) is 7.56. The van der Waals surface area contributed by atoms with Crippen molar-refractivity contribution in [1.29, 1.82) is 0 Å². The Morgan fingerprint density at radius 2 is 1.62 bits per heavy atom. The zero-order chi connectivity index (χ0) is 23.2. The topological polar surface area (TPSA) is 61.4 Å². The van der Waals surface area contributed by atoms with E-state index >= 15 is 0 Å². The molecule has 2 saturated heterocycles. The lowest BCUT2D eigenvalue weighted by Gasteiger charge is -2.34. The Hall–Kier alpha value is -3.15. The van der Waals surface area contributed by atoms with E-state index in [2.05, 4.69) is 51.6 Å². The van der Waals surface area contributed by atoms with Crippen molar-refractivity contribution in [2.45, 2.75) is 44.9 Å². The lowest BCUT2D eigenvalue weighted by Crippen LogP contribution is -2.41. The summed E-state index contributed by atoms with van der Waals surface area (Å²) in [4.78, 5) is 25.8. The fourth-order valence-corrected chi connectivity index (χ4v) is 5.44. The fourth-order valence-electron chi connectivity index (χ4n) is 5.44. The van der Waals surface area contributed by atoms with E-state index in [1.54, 1.807) is 12.4 Å². The van der Waals surface area contributed by atoms with Gasteiger partial charge < -0.3 is 15.1 Å². The van der Waals surface area contributed by atoms with E-state index in [0.29, 0.717) is 0 Å². The molecule has 0 unspecified atom stereocenters. The van der Waals surface area contributed by atoms with Gasteiger partial charge in [0.2, 0.25) is 0 Å². The van der Waals surface area contributed by atoms with Crippen LogP contribution in [0, 0.1) is 11.8 Å². The molecule has 0 spiro atoms. The number of rotatable bonds is 6. The Balaban J connectivity index is 0.995. The lowest BCUT2D eigenvalue weighted by molar-refractivity contribution is 0.178. The first-order chi connectivity index (χ1) is 16.7. The second kappa shape index (κ2) is 10.9. The number of piperidine rings is 2. The van der Waals surface area contributed by atoms with Crippen molar-refractivity contribution in [3.63, 3.8) is 0 Å². The maximum Gasteiger partial charge on any atom is 0.321 e. The summed E-state index contributed by atoms with van der Waals surface area (Å²) >= 11 is 0. The van der Waals surface area contributed by atoms with Crippen LogP contribution in [0.3, 0.4) is 0 Å². The number of pyridine rings is 2. The second-order valence-corrected chi connectivity index (χ2v) is 9.83. The molecule has 4 heterocycles. The number of benzene rings is 1. The molecular formula is C28H35N5O. The minimum Gasteiger partial charge on any atom is -0.357 e. The summed E-state index contributed by atoms with van der Waals surface area (Å²) in [5, 5.41) is 4.16. The highest BCUT2D eigenvalue weighted by Crippen LogP contribution is 2.29. The van der Waals surface area contributed by atoms with Crippen molar-refractivity contribution >= 4 is 28.4 Å². The van der Waals surface area contributed by atoms with Gasteiger partial charge >= 0.3 is 6.03 Å². The molecule has 3 aromatic rings. The largest absolute Gasteiger partial charge is 0.357 e. The van der Waals surface area contributed by atoms with E-state index in [0.717, 1.165) is 67.9 Å². The number of hydrogen-bond acceptors (Lipinski definition) is 4. The van der Waals surface area contributed by atoms with Gasteiger partial charge in [0.15, 0.2) is 0 Å². The highest BCUT2D eigenvalue weighted by molar-refractivity contribution is 5.89. The van der Waals surface area contributed by atoms with Gasteiger partial charge in [0.05, 0.1) is 17.4 Å². The van der Waals surface area contributed by atoms with Crippen molar-refractivity contribution in [3.05, 3.63) is 60.9 Å². The number of urea groups is 1. The van der Waals surface area contributed by atoms with E-state index in [-0.39, 0.29) is 6.03 Å². The molecule has 2 fully saturated rings. The number of para-hydroxylation sites is 1. The molecule has 2 aliphatic heterocycles. The number of nitrogens with one attached hydrogen (secondary N) is 1. The maximum absolute atomic E-state index is 12.5. The van der Waals surface area contributed by atoms with Crippen molar-refractivity contribution < 1.29 is 4.79 Å². The molecule has 0 saturated carbocycles. The van der Waals surface area contributed by atoms with Gasteiger partial charge in [0, 0.05) is 37.8 Å². The number of anilines is 2. The minimum atomic E-state index is -0.000821. The SMILES string of the molecule is O=C(Nc1cccnc1)N1CCC(CCCC2CCN(c3ccc4ccccc4n3)CC2)CC1. The molecule has 0 aliphatic carbocycles. The molecule has 178 valence electrons. The Labute approximate surface area is 202 Å². The van der Waals surface area contributed by atoms with Gasteiger partial charge in [0.25, 0.3) is 0 Å². The number of carbonyl (C=O) groups excluding carboxylic acids is 1. The molecule has 5 rings (SSSR count). The van der Waals surface area contributed by atoms with E-state index in [1.165, 1.54) is 37.5 Å². The zero-order valence-electron chi connectivity index (χ0n) is 19.9. The van der Waals surface area contributed by atoms with Gasteiger partial charge in [-0.05, 0) is 67.9 Å². The highest BCUT2D eigenvalue weighted by Gasteiger charge is 2.24. The standard InChI is InChI=1S/C28H35N5O/c34-28(30-25-8-4-16-29-21-25)33-19-14-23(15-20-33)6-3-5-22-12-17-32(18-13-22)27-11-10-24-7-1-2-9-26(24)31-27/h1-2,4,7-11,16,21-23H,3,5-6,12-15,17-20H2,(H,30,34). The fraction of sp³-hybridized carbons (Fsp3) is 0.464. The molecule has 1 aromatic carbocycles. The third-order valence-corrected chi connectivity index (χ3v) is 7.56. The first-order valence-corrected chi connectivity index (χ1v) is 12.8. The van der Waals surface area contributed by atoms with Crippen LogP contribution in [0.25, 0.3) is 10.9 Å². The Morgan fingerprint density at radius 3 is 2.35 bits per heavy atom. The van der Waals surface area contributed by atoms with Crippen LogP contribution in [0.5, 0.6) is 0 Å². The monoisotopic (exact) mass is 457 g/mol. The summed E-state index contributed by atoms with van der Waals surface area (Å²) < 4.78 is 0. The summed E-state index contributed by atoms with van der Waals surface area (Å²) in [6.07, 6.45) is 12.1. The van der Waals surface area contributed by atoms with Crippen LogP contribution in [0.1, 0.15) is 44.9 Å². The number of fused-ring (bicyclic) bond motifs is 1. The summed E-state index contributed by atoms with van der Waals surface area (Å²) in [6, 6.07) is 16.4. The lowest BCUT2D eigenvalue weighted by atomic mass is 9.87. The summed E-state index contributed by atoms with van der Waals surface area (Å²) in [6.45, 7) is 3.93. The molecule has 6 heteroatoms. The summed E-state index contributed by atoms with van der Waals surface area (Å²) in [5.41, 5.74) is 1.85. The van der Waals surface area contributed by atoms with E-state index in [1.807, 2.05) is 17.0 Å². The third kappa shape index (κ3) is 5.66. The molecule has 0 bridgehead atoms. The van der Waals surface area contributed by atoms with Crippen LogP contribution >= 0.6 is 0 Å². The Bertz CT molecular complexity index is 1070. The number of carbonyl (C=O) groups is 1. The van der Waals surface area contributed by atoms with Crippen LogP contribution in [0.2, 0.25) is 0 Å². The molecular weight excluding hydrogens is 422 g/mol. The average molecular weight is 458 g/mol. The van der Waals surface area contributed by atoms with E-state index < -0.39 is 0 Å². The predicted molar refractivity (Wildman–Crippen MR) is 138 cm³/mol. The van der Waals surface area contributed by atoms with Gasteiger partial charge in [-0.1, -0.05) is 37.5 Å². The second-order valence-electron chi connectivity index (χ2n) is 9.83. The quantitative estimate of drug-likeness (QED) is 0.496. The maximum atomic E-state index is 12.5. The Morgan fingerprint density at radius 1 is 0.882 bits per heavy atom. The van der Waals surface area contributed by atoms with Gasteiger partial charge in [-0.3, -0.25) is 4.98 Å². The highest BCUT2D eigenvalue weighted by atomic mass is 16.2. The van der Waals surface area contributed by atoms with E-state index in [9.17, 15) is 4.79 Å². The minimum absolute atomic E-state index is 0.000821. The molecule has 2 amide bonds. The molecule has 1 N–H and O–H groups in total. The number of amides is 2. The van der Waals surface area contributed by atoms with Crippen molar-refractivity contribution in [1.82, 2.24) is 14.9 Å². The van der Waals surface area contributed by atoms with Crippen LogP contribution < -0.4 is 10.2 Å². The molecule has 0 radical (unpaired) electrons. The number of likely N-dealkylation sites (tertiary alicyclic amines) is 1. The molecule has 0 atom stereocenters. The van der Waals surface area contributed by atoms with E-state index in [4.69, 9.17) is 4.98 Å². The number of nitrogens with zero attached hydrogens (tertiary/aromatic N) is 4. The molecule has 2 aliphatic rings. The normalized spacial score (nSPS) is 17.8. The van der Waals surface area contributed by atoms with Gasteiger partial charge in [-0.25, -0.2) is 9.78 Å². The summed E-state index contributed by atoms with van der Waals surface area (Å²) in [7, 11) is 0. The molecule has 6 nitrogen and oxygen atoms in total. The summed E-state index contributed by atoms with van der Waals surface area (Å²) in [5.74, 6) is 2.71. The predicted octanol–water partition coefficient (Wildman–Crippen LogP) is 5.96. The zero-order valence-corrected chi connectivity index (χ0v) is 19.9. The first kappa shape index (κ1) is 22.6.